The highest BCUT2D eigenvalue weighted by molar-refractivity contribution is 5.55. The Kier molecular flexibility index (Phi) is 2.11. The van der Waals surface area contributed by atoms with E-state index in [0.717, 1.165) is 17.1 Å². The number of aromatic amines is 1. The second kappa shape index (κ2) is 3.62. The molecule has 3 heterocycles. The lowest BCUT2D eigenvalue weighted by molar-refractivity contribution is 0.430. The molecule has 0 aliphatic rings. The Morgan fingerprint density at radius 1 is 1.29 bits per heavy atom. The first-order chi connectivity index (χ1) is 8.25. The lowest BCUT2D eigenvalue weighted by atomic mass is 10.4. The molecule has 0 saturated carbocycles. The molecule has 17 heavy (non-hydrogen) atoms. The van der Waals surface area contributed by atoms with Crippen molar-refractivity contribution in [2.24, 2.45) is 7.05 Å². The van der Waals surface area contributed by atoms with Crippen LogP contribution in [0.5, 0.6) is 0 Å². The van der Waals surface area contributed by atoms with Gasteiger partial charge in [0.05, 0.1) is 5.69 Å². The minimum Gasteiger partial charge on any atom is -0.357 e. The van der Waals surface area contributed by atoms with E-state index in [9.17, 15) is 0 Å². The summed E-state index contributed by atoms with van der Waals surface area (Å²) in [5.41, 5.74) is 2.94. The minimum absolute atomic E-state index is 0.504. The summed E-state index contributed by atoms with van der Waals surface area (Å²) < 4.78 is 7.25. The smallest absolute Gasteiger partial charge is 0.274 e. The molecule has 0 fully saturated rings. The van der Waals surface area contributed by atoms with Gasteiger partial charge in [0.1, 0.15) is 5.69 Å². The molecule has 0 unspecified atom stereocenters. The van der Waals surface area contributed by atoms with Crippen molar-refractivity contribution in [1.29, 1.82) is 0 Å². The van der Waals surface area contributed by atoms with Crippen molar-refractivity contribution in [3.05, 3.63) is 36.2 Å². The van der Waals surface area contributed by atoms with Gasteiger partial charge < -0.3 is 14.1 Å². The Hall–Kier alpha value is -2.30. The number of H-pyrrole nitrogens is 1. The summed E-state index contributed by atoms with van der Waals surface area (Å²) in [6, 6.07) is 7.80. The minimum atomic E-state index is 0.504. The summed E-state index contributed by atoms with van der Waals surface area (Å²) in [6.07, 6.45) is 1.83. The van der Waals surface area contributed by atoms with Crippen molar-refractivity contribution in [3.63, 3.8) is 0 Å². The third kappa shape index (κ3) is 1.56. The monoisotopic (exact) mass is 228 g/mol. The van der Waals surface area contributed by atoms with E-state index in [-0.39, 0.29) is 0 Å². The summed E-state index contributed by atoms with van der Waals surface area (Å²) in [5, 5.41) is 3.99. The zero-order valence-corrected chi connectivity index (χ0v) is 9.64. The number of hydrogen-bond acceptors (Lipinski definition) is 3. The van der Waals surface area contributed by atoms with Gasteiger partial charge in [-0.2, -0.15) is 4.98 Å². The van der Waals surface area contributed by atoms with Gasteiger partial charge in [-0.25, -0.2) is 0 Å². The second-order valence-electron chi connectivity index (χ2n) is 3.93. The Labute approximate surface area is 98.1 Å². The molecule has 0 aromatic carbocycles. The van der Waals surface area contributed by atoms with Crippen LogP contribution in [0.2, 0.25) is 0 Å². The molecule has 0 aliphatic carbocycles. The van der Waals surface area contributed by atoms with E-state index in [2.05, 4.69) is 15.1 Å². The van der Waals surface area contributed by atoms with Gasteiger partial charge >= 0.3 is 0 Å². The number of aryl methyl sites for hydroxylation is 1. The first-order valence-electron chi connectivity index (χ1n) is 5.36. The fourth-order valence-electron chi connectivity index (χ4n) is 1.74. The summed E-state index contributed by atoms with van der Waals surface area (Å²) in [5.74, 6) is 1.11. The molecule has 0 radical (unpaired) electrons. The third-order valence-corrected chi connectivity index (χ3v) is 2.86. The normalized spacial score (nSPS) is 10.9. The molecule has 1 N–H and O–H groups in total. The lowest BCUT2D eigenvalue weighted by Crippen LogP contribution is -1.94. The summed E-state index contributed by atoms with van der Waals surface area (Å²) in [4.78, 5) is 7.40. The van der Waals surface area contributed by atoms with Gasteiger partial charge in [0.2, 0.25) is 5.82 Å². The average Bonchev–Trinajstić information content (AvgIpc) is 3.01. The van der Waals surface area contributed by atoms with Crippen molar-refractivity contribution in [3.8, 4) is 23.1 Å². The molecular weight excluding hydrogens is 216 g/mol. The molecule has 0 saturated heterocycles. The van der Waals surface area contributed by atoms with Crippen molar-refractivity contribution in [1.82, 2.24) is 19.7 Å². The van der Waals surface area contributed by atoms with Gasteiger partial charge in [0, 0.05) is 18.9 Å². The van der Waals surface area contributed by atoms with Gasteiger partial charge in [-0.05, 0) is 31.2 Å². The van der Waals surface area contributed by atoms with Gasteiger partial charge in [-0.1, -0.05) is 5.16 Å². The maximum atomic E-state index is 5.22. The molecule has 86 valence electrons. The first-order valence-corrected chi connectivity index (χ1v) is 5.36. The van der Waals surface area contributed by atoms with Crippen LogP contribution in [0.3, 0.4) is 0 Å². The van der Waals surface area contributed by atoms with Crippen LogP contribution in [0.25, 0.3) is 23.1 Å². The van der Waals surface area contributed by atoms with E-state index in [1.807, 2.05) is 49.0 Å². The maximum Gasteiger partial charge on any atom is 0.274 e. The highest BCUT2D eigenvalue weighted by Crippen LogP contribution is 2.21. The maximum absolute atomic E-state index is 5.22. The standard InChI is InChI=1S/C12H12N4O/c1-8-5-6-10(16(8)2)11-14-12(17-15-11)9-4-3-7-13-9/h3-7,13H,1-2H3. The predicted molar refractivity (Wildman–Crippen MR) is 63.2 cm³/mol. The van der Waals surface area contributed by atoms with E-state index in [1.165, 1.54) is 0 Å². The summed E-state index contributed by atoms with van der Waals surface area (Å²) in [6.45, 7) is 2.04. The van der Waals surface area contributed by atoms with Crippen LogP contribution in [0.15, 0.2) is 35.0 Å². The Bertz CT molecular complexity index is 633. The number of nitrogens with zero attached hydrogens (tertiary/aromatic N) is 3. The Balaban J connectivity index is 2.04. The first kappa shape index (κ1) is 9.89. The molecular formula is C12H12N4O. The number of aromatic nitrogens is 4. The van der Waals surface area contributed by atoms with Crippen LogP contribution in [-0.4, -0.2) is 19.7 Å². The van der Waals surface area contributed by atoms with Gasteiger partial charge in [0.15, 0.2) is 0 Å². The zero-order chi connectivity index (χ0) is 11.8. The van der Waals surface area contributed by atoms with E-state index in [4.69, 9.17) is 4.52 Å². The highest BCUT2D eigenvalue weighted by Gasteiger charge is 2.13. The molecule has 3 aromatic heterocycles. The van der Waals surface area contributed by atoms with Crippen LogP contribution >= 0.6 is 0 Å². The van der Waals surface area contributed by atoms with E-state index < -0.39 is 0 Å². The summed E-state index contributed by atoms with van der Waals surface area (Å²) in [7, 11) is 1.98. The van der Waals surface area contributed by atoms with E-state index in [1.54, 1.807) is 0 Å². The zero-order valence-electron chi connectivity index (χ0n) is 9.64. The van der Waals surface area contributed by atoms with Gasteiger partial charge in [-0.15, -0.1) is 0 Å². The van der Waals surface area contributed by atoms with Crippen LogP contribution in [-0.2, 0) is 7.05 Å². The fraction of sp³-hybridized carbons (Fsp3) is 0.167. The SMILES string of the molecule is Cc1ccc(-c2noc(-c3ccc[nH]3)n2)n1C. The largest absolute Gasteiger partial charge is 0.357 e. The quantitative estimate of drug-likeness (QED) is 0.732. The fourth-order valence-corrected chi connectivity index (χ4v) is 1.74. The van der Waals surface area contributed by atoms with Gasteiger partial charge in [0.25, 0.3) is 5.89 Å². The Morgan fingerprint density at radius 2 is 2.18 bits per heavy atom. The molecule has 0 spiro atoms. The van der Waals surface area contributed by atoms with Crippen LogP contribution in [0, 0.1) is 6.92 Å². The van der Waals surface area contributed by atoms with Crippen LogP contribution in [0.4, 0.5) is 0 Å². The summed E-state index contributed by atoms with van der Waals surface area (Å²) >= 11 is 0. The molecule has 0 aliphatic heterocycles. The molecule has 3 aromatic rings. The lowest BCUT2D eigenvalue weighted by Gasteiger charge is -1.99. The van der Waals surface area contributed by atoms with Crippen molar-refractivity contribution in [2.45, 2.75) is 6.92 Å². The van der Waals surface area contributed by atoms with Crippen molar-refractivity contribution in [2.75, 3.05) is 0 Å². The predicted octanol–water partition coefficient (Wildman–Crippen LogP) is 2.38. The number of rotatable bonds is 2. The topological polar surface area (TPSA) is 59.6 Å². The van der Waals surface area contributed by atoms with E-state index in [0.29, 0.717) is 11.7 Å². The molecule has 5 heteroatoms. The third-order valence-electron chi connectivity index (χ3n) is 2.86. The number of hydrogen-bond donors (Lipinski definition) is 1. The van der Waals surface area contributed by atoms with Gasteiger partial charge in [-0.3, -0.25) is 0 Å². The highest BCUT2D eigenvalue weighted by atomic mass is 16.5. The van der Waals surface area contributed by atoms with E-state index >= 15 is 0 Å². The van der Waals surface area contributed by atoms with Crippen molar-refractivity contribution < 1.29 is 4.52 Å². The molecule has 0 atom stereocenters. The van der Waals surface area contributed by atoms with Crippen LogP contribution < -0.4 is 0 Å². The van der Waals surface area contributed by atoms with Crippen LogP contribution in [0.1, 0.15) is 5.69 Å². The Morgan fingerprint density at radius 3 is 2.82 bits per heavy atom. The number of nitrogens with one attached hydrogen (secondary N) is 1. The molecule has 3 rings (SSSR count). The van der Waals surface area contributed by atoms with Crippen molar-refractivity contribution >= 4 is 0 Å². The molecule has 0 amide bonds. The second-order valence-corrected chi connectivity index (χ2v) is 3.93. The average molecular weight is 228 g/mol. The molecule has 5 nitrogen and oxygen atoms in total. The molecule has 0 bridgehead atoms.